The Balaban J connectivity index is 1.59. The zero-order chi connectivity index (χ0) is 22.5. The molecule has 2 heterocycles. The second kappa shape index (κ2) is 10.6. The first kappa shape index (κ1) is 23.7. The molecule has 0 bridgehead atoms. The van der Waals surface area contributed by atoms with Gasteiger partial charge in [0, 0.05) is 24.0 Å². The van der Waals surface area contributed by atoms with Gasteiger partial charge in [-0.15, -0.1) is 11.3 Å². The van der Waals surface area contributed by atoms with Gasteiger partial charge in [-0.2, -0.15) is 0 Å². The maximum Gasteiger partial charge on any atom is 0.229 e. The van der Waals surface area contributed by atoms with Crippen LogP contribution in [0.25, 0.3) is 0 Å². The summed E-state index contributed by atoms with van der Waals surface area (Å²) >= 11 is 1.61. The van der Waals surface area contributed by atoms with Crippen molar-refractivity contribution in [1.29, 1.82) is 0 Å². The summed E-state index contributed by atoms with van der Waals surface area (Å²) in [6.45, 7) is 12.5. The summed E-state index contributed by atoms with van der Waals surface area (Å²) < 4.78 is 5.49. The van der Waals surface area contributed by atoms with E-state index in [1.807, 2.05) is 12.3 Å². The van der Waals surface area contributed by atoms with Crippen LogP contribution in [-0.2, 0) is 4.79 Å². The van der Waals surface area contributed by atoms with Crippen molar-refractivity contribution >= 4 is 17.2 Å². The van der Waals surface area contributed by atoms with Crippen LogP contribution in [0.2, 0.25) is 0 Å². The van der Waals surface area contributed by atoms with E-state index < -0.39 is 0 Å². The first-order valence-electron chi connectivity index (χ1n) is 11.5. The fraction of sp³-hybridized carbons (Fsp3) is 0.600. The highest BCUT2D eigenvalue weighted by Gasteiger charge is 2.30. The largest absolute Gasteiger partial charge is 0.496 e. The van der Waals surface area contributed by atoms with Gasteiger partial charge in [-0.25, -0.2) is 4.98 Å². The van der Waals surface area contributed by atoms with Crippen LogP contribution in [0.5, 0.6) is 5.75 Å². The topological polar surface area (TPSA) is 54.5 Å². The van der Waals surface area contributed by atoms with Gasteiger partial charge >= 0.3 is 0 Å². The molecular weight excluding hydrogens is 406 g/mol. The summed E-state index contributed by atoms with van der Waals surface area (Å²) in [6, 6.07) is 5.16. The summed E-state index contributed by atoms with van der Waals surface area (Å²) in [5, 5.41) is 6.22. The van der Waals surface area contributed by atoms with E-state index >= 15 is 0 Å². The van der Waals surface area contributed by atoms with Crippen LogP contribution >= 0.6 is 11.3 Å². The summed E-state index contributed by atoms with van der Waals surface area (Å²) in [7, 11) is 1.73. The maximum atomic E-state index is 12.8. The van der Waals surface area contributed by atoms with Gasteiger partial charge in [0.15, 0.2) is 0 Å². The summed E-state index contributed by atoms with van der Waals surface area (Å²) in [4.78, 5) is 19.9. The number of methoxy groups -OCH3 is 1. The van der Waals surface area contributed by atoms with E-state index in [2.05, 4.69) is 55.0 Å². The Hall–Kier alpha value is -1.92. The number of nitrogens with zero attached hydrogens (tertiary/aromatic N) is 2. The molecule has 31 heavy (non-hydrogen) atoms. The van der Waals surface area contributed by atoms with E-state index in [9.17, 15) is 4.79 Å². The quantitative estimate of drug-likeness (QED) is 0.571. The van der Waals surface area contributed by atoms with Gasteiger partial charge in [-0.05, 0) is 82.7 Å². The number of rotatable bonds is 9. The van der Waals surface area contributed by atoms with E-state index in [-0.39, 0.29) is 11.8 Å². The lowest BCUT2D eigenvalue weighted by molar-refractivity contribution is -0.122. The molecule has 1 aliphatic rings. The highest BCUT2D eigenvalue weighted by Crippen LogP contribution is 2.35. The number of nitrogens with one attached hydrogen (secondary N) is 1. The number of benzene rings is 1. The summed E-state index contributed by atoms with van der Waals surface area (Å²) in [5.74, 6) is 0.912. The molecular formula is C25H37N3O2S. The Kier molecular flexibility index (Phi) is 8.11. The monoisotopic (exact) mass is 443 g/mol. The van der Waals surface area contributed by atoms with Crippen LogP contribution in [0.15, 0.2) is 17.5 Å². The molecule has 6 heteroatoms. The number of amides is 1. The fourth-order valence-corrected chi connectivity index (χ4v) is 5.57. The molecule has 1 amide bonds. The van der Waals surface area contributed by atoms with E-state index in [0.29, 0.717) is 18.6 Å². The molecule has 3 rings (SSSR count). The van der Waals surface area contributed by atoms with Gasteiger partial charge in [0.05, 0.1) is 23.7 Å². The molecule has 1 saturated heterocycles. The normalized spacial score (nSPS) is 18.7. The molecule has 2 aromatic rings. The van der Waals surface area contributed by atoms with Crippen molar-refractivity contribution in [2.45, 2.75) is 78.3 Å². The van der Waals surface area contributed by atoms with Gasteiger partial charge in [0.25, 0.3) is 0 Å². The lowest BCUT2D eigenvalue weighted by atomic mass is 9.96. The smallest absolute Gasteiger partial charge is 0.229 e. The lowest BCUT2D eigenvalue weighted by Gasteiger charge is -2.32. The molecule has 3 atom stereocenters. The third-order valence-electron chi connectivity index (χ3n) is 6.86. The van der Waals surface area contributed by atoms with Gasteiger partial charge in [0.2, 0.25) is 5.91 Å². The second-order valence-corrected chi connectivity index (χ2v) is 9.71. The molecule has 0 aliphatic carbocycles. The van der Waals surface area contributed by atoms with E-state index in [4.69, 9.17) is 4.74 Å². The standard InChI is InChI=1S/C25H37N3O2S/c1-7-21(23-15-31-19(5)27-23)25(29)26-13-12-20-9-8-14-28(20)18(4)22-10-11-24(30-6)17(3)16(22)2/h10-11,15,18,20-21H,7-9,12-14H2,1-6H3,(H,26,29). The number of carbonyl (C=O) groups excluding carboxylic acids is 1. The average Bonchev–Trinajstić information content (AvgIpc) is 3.39. The van der Waals surface area contributed by atoms with Crippen molar-refractivity contribution in [1.82, 2.24) is 15.2 Å². The van der Waals surface area contributed by atoms with Crippen molar-refractivity contribution in [2.75, 3.05) is 20.2 Å². The van der Waals surface area contributed by atoms with Crippen LogP contribution in [-0.4, -0.2) is 42.0 Å². The van der Waals surface area contributed by atoms with Crippen LogP contribution in [0.3, 0.4) is 0 Å². The predicted octanol–water partition coefficient (Wildman–Crippen LogP) is 5.30. The number of hydrogen-bond donors (Lipinski definition) is 1. The Morgan fingerprint density at radius 2 is 2.10 bits per heavy atom. The van der Waals surface area contributed by atoms with E-state index in [1.54, 1.807) is 18.4 Å². The Morgan fingerprint density at radius 3 is 2.74 bits per heavy atom. The fourth-order valence-electron chi connectivity index (χ4n) is 4.90. The minimum Gasteiger partial charge on any atom is -0.496 e. The van der Waals surface area contributed by atoms with Gasteiger partial charge in [0.1, 0.15) is 5.75 Å². The molecule has 170 valence electrons. The predicted molar refractivity (Wildman–Crippen MR) is 128 cm³/mol. The molecule has 1 fully saturated rings. The second-order valence-electron chi connectivity index (χ2n) is 8.65. The molecule has 0 saturated carbocycles. The van der Waals surface area contributed by atoms with E-state index in [0.717, 1.165) is 35.8 Å². The zero-order valence-electron chi connectivity index (χ0n) is 19.8. The Morgan fingerprint density at radius 1 is 1.32 bits per heavy atom. The first-order valence-corrected chi connectivity index (χ1v) is 12.3. The molecule has 1 aromatic heterocycles. The van der Waals surface area contributed by atoms with Gasteiger partial charge < -0.3 is 10.1 Å². The van der Waals surface area contributed by atoms with Crippen molar-refractivity contribution in [3.8, 4) is 5.75 Å². The van der Waals surface area contributed by atoms with Gasteiger partial charge in [-0.1, -0.05) is 13.0 Å². The molecule has 0 spiro atoms. The summed E-state index contributed by atoms with van der Waals surface area (Å²) in [6.07, 6.45) is 4.16. The number of thiazole rings is 1. The maximum absolute atomic E-state index is 12.8. The van der Waals surface area contributed by atoms with Crippen molar-refractivity contribution < 1.29 is 9.53 Å². The summed E-state index contributed by atoms with van der Waals surface area (Å²) in [5.41, 5.74) is 4.82. The van der Waals surface area contributed by atoms with Crippen LogP contribution in [0.4, 0.5) is 0 Å². The molecule has 1 aliphatic heterocycles. The molecule has 1 N–H and O–H groups in total. The third-order valence-corrected chi connectivity index (χ3v) is 7.66. The van der Waals surface area contributed by atoms with Crippen molar-refractivity contribution in [3.63, 3.8) is 0 Å². The first-order chi connectivity index (χ1) is 14.9. The zero-order valence-corrected chi connectivity index (χ0v) is 20.6. The average molecular weight is 444 g/mol. The number of hydrogen-bond acceptors (Lipinski definition) is 5. The molecule has 1 aromatic carbocycles. The number of aryl methyl sites for hydroxylation is 1. The minimum atomic E-state index is -0.145. The van der Waals surface area contributed by atoms with Crippen LogP contribution in [0.1, 0.15) is 78.9 Å². The lowest BCUT2D eigenvalue weighted by Crippen LogP contribution is -2.37. The highest BCUT2D eigenvalue weighted by atomic mass is 32.1. The molecule has 0 radical (unpaired) electrons. The van der Waals surface area contributed by atoms with Crippen LogP contribution in [0, 0.1) is 20.8 Å². The third kappa shape index (κ3) is 5.29. The number of carbonyl (C=O) groups is 1. The number of ether oxygens (including phenoxy) is 1. The Bertz CT molecular complexity index is 895. The number of likely N-dealkylation sites (tertiary alicyclic amines) is 1. The minimum absolute atomic E-state index is 0.104. The molecule has 5 nitrogen and oxygen atoms in total. The van der Waals surface area contributed by atoms with Crippen molar-refractivity contribution in [3.05, 3.63) is 44.9 Å². The Labute approximate surface area is 191 Å². The van der Waals surface area contributed by atoms with Crippen LogP contribution < -0.4 is 10.1 Å². The number of aromatic nitrogens is 1. The molecule has 3 unspecified atom stereocenters. The van der Waals surface area contributed by atoms with Gasteiger partial charge in [-0.3, -0.25) is 9.69 Å². The SMILES string of the molecule is CCC(C(=O)NCCC1CCCN1C(C)c1ccc(OC)c(C)c1C)c1csc(C)n1. The van der Waals surface area contributed by atoms with E-state index in [1.165, 1.54) is 29.5 Å². The van der Waals surface area contributed by atoms with Crippen molar-refractivity contribution in [2.24, 2.45) is 0 Å². The highest BCUT2D eigenvalue weighted by molar-refractivity contribution is 7.09.